The van der Waals surface area contributed by atoms with E-state index >= 15 is 0 Å². The van der Waals surface area contributed by atoms with E-state index < -0.39 is 0 Å². The molecule has 17 heavy (non-hydrogen) atoms. The number of hydrogen-bond donors (Lipinski definition) is 1. The van der Waals surface area contributed by atoms with Gasteiger partial charge in [0.05, 0.1) is 9.83 Å². The van der Waals surface area contributed by atoms with Crippen LogP contribution in [0.25, 0.3) is 0 Å². The van der Waals surface area contributed by atoms with Crippen LogP contribution < -0.4 is 5.73 Å². The SMILES string of the molecule is CC1(C)CCCN1C(CN)c1cc(Br)c(Br)s1. The molecule has 1 aromatic heterocycles. The maximum atomic E-state index is 6.00. The van der Waals surface area contributed by atoms with Gasteiger partial charge in [-0.05, 0) is 71.2 Å². The zero-order chi connectivity index (χ0) is 12.6. The summed E-state index contributed by atoms with van der Waals surface area (Å²) in [6, 6.07) is 2.54. The van der Waals surface area contributed by atoms with E-state index in [4.69, 9.17) is 5.73 Å². The van der Waals surface area contributed by atoms with Crippen LogP contribution in [-0.4, -0.2) is 23.5 Å². The van der Waals surface area contributed by atoms with Crippen molar-refractivity contribution in [3.8, 4) is 0 Å². The molecule has 2 nitrogen and oxygen atoms in total. The Bertz CT molecular complexity index is 384. The molecule has 0 saturated carbocycles. The molecule has 1 saturated heterocycles. The van der Waals surface area contributed by atoms with E-state index in [1.54, 1.807) is 11.3 Å². The van der Waals surface area contributed by atoms with Gasteiger partial charge in [-0.1, -0.05) is 0 Å². The van der Waals surface area contributed by atoms with Crippen LogP contribution in [-0.2, 0) is 0 Å². The third-order valence-corrected chi connectivity index (χ3v) is 6.91. The Balaban J connectivity index is 2.27. The molecule has 2 N–H and O–H groups in total. The van der Waals surface area contributed by atoms with Gasteiger partial charge in [0.1, 0.15) is 0 Å². The van der Waals surface area contributed by atoms with Gasteiger partial charge < -0.3 is 5.73 Å². The lowest BCUT2D eigenvalue weighted by Gasteiger charge is -2.37. The summed E-state index contributed by atoms with van der Waals surface area (Å²) in [5, 5.41) is 0. The fourth-order valence-corrected chi connectivity index (χ4v) is 4.85. The van der Waals surface area contributed by atoms with Crippen LogP contribution in [0.15, 0.2) is 14.3 Å². The zero-order valence-electron chi connectivity index (χ0n) is 10.2. The first-order valence-electron chi connectivity index (χ1n) is 5.87. The largest absolute Gasteiger partial charge is 0.329 e. The van der Waals surface area contributed by atoms with Gasteiger partial charge in [-0.3, -0.25) is 4.90 Å². The van der Waals surface area contributed by atoms with Crippen molar-refractivity contribution in [2.75, 3.05) is 13.1 Å². The highest BCUT2D eigenvalue weighted by Gasteiger charge is 2.37. The molecule has 2 rings (SSSR count). The van der Waals surface area contributed by atoms with Gasteiger partial charge in [-0.25, -0.2) is 0 Å². The lowest BCUT2D eigenvalue weighted by molar-refractivity contribution is 0.121. The number of halogens is 2. The average Bonchev–Trinajstić information content (AvgIpc) is 2.74. The number of likely N-dealkylation sites (tertiary alicyclic amines) is 1. The Morgan fingerprint density at radius 3 is 2.65 bits per heavy atom. The second-order valence-corrected chi connectivity index (χ2v) is 8.39. The number of nitrogens with two attached hydrogens (primary N) is 1. The van der Waals surface area contributed by atoms with Crippen molar-refractivity contribution in [2.24, 2.45) is 5.73 Å². The van der Waals surface area contributed by atoms with Crippen molar-refractivity contribution in [1.82, 2.24) is 4.90 Å². The first-order chi connectivity index (χ1) is 7.95. The lowest BCUT2D eigenvalue weighted by Crippen LogP contribution is -2.43. The van der Waals surface area contributed by atoms with Crippen molar-refractivity contribution < 1.29 is 0 Å². The number of thiophene rings is 1. The van der Waals surface area contributed by atoms with E-state index in [1.807, 2.05) is 0 Å². The molecule has 0 bridgehead atoms. The topological polar surface area (TPSA) is 29.3 Å². The van der Waals surface area contributed by atoms with E-state index in [0.29, 0.717) is 12.6 Å². The van der Waals surface area contributed by atoms with Gasteiger partial charge in [0.15, 0.2) is 0 Å². The minimum Gasteiger partial charge on any atom is -0.329 e. The van der Waals surface area contributed by atoms with E-state index in [0.717, 1.165) is 14.8 Å². The maximum Gasteiger partial charge on any atom is 0.0843 e. The minimum absolute atomic E-state index is 0.271. The smallest absolute Gasteiger partial charge is 0.0843 e. The number of nitrogens with zero attached hydrogens (tertiary/aromatic N) is 1. The second kappa shape index (κ2) is 5.29. The second-order valence-electron chi connectivity index (χ2n) is 5.13. The van der Waals surface area contributed by atoms with Crippen LogP contribution in [0.5, 0.6) is 0 Å². The third kappa shape index (κ3) is 2.78. The summed E-state index contributed by atoms with van der Waals surface area (Å²) in [7, 11) is 0. The Kier molecular flexibility index (Phi) is 4.36. The van der Waals surface area contributed by atoms with Gasteiger partial charge in [0.2, 0.25) is 0 Å². The van der Waals surface area contributed by atoms with Crippen LogP contribution in [0.4, 0.5) is 0 Å². The van der Waals surface area contributed by atoms with Crippen LogP contribution in [0.3, 0.4) is 0 Å². The van der Waals surface area contributed by atoms with Gasteiger partial charge in [0.25, 0.3) is 0 Å². The predicted octanol–water partition coefficient (Wildman–Crippen LogP) is 4.15. The summed E-state index contributed by atoms with van der Waals surface area (Å²) in [5.41, 5.74) is 6.27. The Labute approximate surface area is 124 Å². The van der Waals surface area contributed by atoms with Gasteiger partial charge >= 0.3 is 0 Å². The molecular weight excluding hydrogens is 364 g/mol. The van der Waals surface area contributed by atoms with E-state index in [1.165, 1.54) is 17.7 Å². The maximum absolute atomic E-state index is 6.00. The normalized spacial score (nSPS) is 21.9. The first kappa shape index (κ1) is 14.0. The van der Waals surface area contributed by atoms with Crippen LogP contribution in [0.2, 0.25) is 0 Å². The molecule has 1 atom stereocenters. The number of hydrogen-bond acceptors (Lipinski definition) is 3. The summed E-state index contributed by atoms with van der Waals surface area (Å²) in [5.74, 6) is 0. The quantitative estimate of drug-likeness (QED) is 0.852. The summed E-state index contributed by atoms with van der Waals surface area (Å²) >= 11 is 8.90. The van der Waals surface area contributed by atoms with Crippen LogP contribution in [0, 0.1) is 0 Å². The Morgan fingerprint density at radius 1 is 1.53 bits per heavy atom. The summed E-state index contributed by atoms with van der Waals surface area (Å²) in [4.78, 5) is 3.90. The lowest BCUT2D eigenvalue weighted by atomic mass is 10.00. The fourth-order valence-electron chi connectivity index (χ4n) is 2.63. The fraction of sp³-hybridized carbons (Fsp3) is 0.667. The van der Waals surface area contributed by atoms with Crippen molar-refractivity contribution in [3.63, 3.8) is 0 Å². The van der Waals surface area contributed by atoms with Crippen molar-refractivity contribution >= 4 is 43.2 Å². The van der Waals surface area contributed by atoms with Crippen molar-refractivity contribution in [3.05, 3.63) is 19.2 Å². The Hall–Kier alpha value is 0.580. The molecule has 0 amide bonds. The highest BCUT2D eigenvalue weighted by Crippen LogP contribution is 2.41. The van der Waals surface area contributed by atoms with E-state index in [2.05, 4.69) is 56.7 Å². The highest BCUT2D eigenvalue weighted by atomic mass is 79.9. The molecule has 1 unspecified atom stereocenters. The molecule has 1 aliphatic rings. The molecule has 0 aromatic carbocycles. The highest BCUT2D eigenvalue weighted by molar-refractivity contribution is 9.13. The van der Waals surface area contributed by atoms with E-state index in [-0.39, 0.29) is 5.54 Å². The van der Waals surface area contributed by atoms with Crippen molar-refractivity contribution in [1.29, 1.82) is 0 Å². The summed E-state index contributed by atoms with van der Waals surface area (Å²) in [6.45, 7) is 6.48. The number of rotatable bonds is 3. The molecule has 0 radical (unpaired) electrons. The molecule has 0 spiro atoms. The minimum atomic E-state index is 0.271. The van der Waals surface area contributed by atoms with Crippen LogP contribution in [0.1, 0.15) is 37.6 Å². The van der Waals surface area contributed by atoms with Gasteiger partial charge in [-0.15, -0.1) is 11.3 Å². The zero-order valence-corrected chi connectivity index (χ0v) is 14.2. The Morgan fingerprint density at radius 2 is 2.24 bits per heavy atom. The van der Waals surface area contributed by atoms with Gasteiger partial charge in [0, 0.05) is 21.4 Å². The molecule has 1 aliphatic heterocycles. The first-order valence-corrected chi connectivity index (χ1v) is 8.27. The molecule has 0 aliphatic carbocycles. The monoisotopic (exact) mass is 380 g/mol. The molecule has 1 aromatic rings. The molecule has 5 heteroatoms. The third-order valence-electron chi connectivity index (χ3n) is 3.56. The summed E-state index contributed by atoms with van der Waals surface area (Å²) < 4.78 is 2.29. The van der Waals surface area contributed by atoms with Gasteiger partial charge in [-0.2, -0.15) is 0 Å². The molecule has 2 heterocycles. The van der Waals surface area contributed by atoms with Crippen LogP contribution >= 0.6 is 43.2 Å². The van der Waals surface area contributed by atoms with E-state index in [9.17, 15) is 0 Å². The van der Waals surface area contributed by atoms with Crippen molar-refractivity contribution in [2.45, 2.75) is 38.3 Å². The summed E-state index contributed by atoms with van der Waals surface area (Å²) in [6.07, 6.45) is 2.54. The predicted molar refractivity (Wildman–Crippen MR) is 81.5 cm³/mol. The molecule has 96 valence electrons. The standard InChI is InChI=1S/C12H18Br2N2S/c1-12(2)4-3-5-16(12)9(7-15)10-6-8(13)11(14)17-10/h6,9H,3-5,7,15H2,1-2H3. The molecular formula is C12H18Br2N2S. The average molecular weight is 382 g/mol. The molecule has 1 fully saturated rings.